The van der Waals surface area contributed by atoms with Crippen LogP contribution in [0.5, 0.6) is 0 Å². The Hall–Kier alpha value is -2.42. The fourth-order valence-corrected chi connectivity index (χ4v) is 7.96. The Labute approximate surface area is 185 Å². The fraction of sp³-hybridized carbons (Fsp3) is 0.0400. The lowest BCUT2D eigenvalue weighted by molar-refractivity contribution is -0.00000725. The first-order valence-electron chi connectivity index (χ1n) is 9.29. The number of halogens is 4. The van der Waals surface area contributed by atoms with Gasteiger partial charge in [0.15, 0.2) is 17.5 Å². The van der Waals surface area contributed by atoms with Gasteiger partial charge in [-0.05, 0) is 54.1 Å². The highest BCUT2D eigenvalue weighted by atomic mass is 79.9. The molecule has 0 bridgehead atoms. The average molecular weight is 487 g/mol. The molecule has 0 saturated heterocycles. The van der Waals surface area contributed by atoms with E-state index in [9.17, 15) is 13.2 Å². The van der Waals surface area contributed by atoms with Crippen LogP contribution in [0.3, 0.4) is 0 Å². The summed E-state index contributed by atoms with van der Waals surface area (Å²) in [6.07, 6.45) is 0.388. The first-order chi connectivity index (χ1) is 14.1. The smallest absolute Gasteiger partial charge is 0.194 e. The maximum atomic E-state index is 14.0. The topological polar surface area (TPSA) is 0 Å². The molecule has 4 aromatic carbocycles. The van der Waals surface area contributed by atoms with Crippen LogP contribution in [0, 0.1) is 17.5 Å². The van der Waals surface area contributed by atoms with Gasteiger partial charge in [0.2, 0.25) is 0 Å². The van der Waals surface area contributed by atoms with Gasteiger partial charge in [-0.1, -0.05) is 54.6 Å². The van der Waals surface area contributed by atoms with Crippen LogP contribution in [-0.2, 0) is 6.16 Å². The monoisotopic (exact) mass is 486 g/mol. The van der Waals surface area contributed by atoms with Crippen molar-refractivity contribution in [3.63, 3.8) is 0 Å². The zero-order chi connectivity index (χ0) is 20.3. The van der Waals surface area contributed by atoms with Gasteiger partial charge in [-0.25, -0.2) is 13.2 Å². The molecule has 0 aliphatic rings. The summed E-state index contributed by atoms with van der Waals surface area (Å²) in [5, 5.41) is 3.30. The van der Waals surface area contributed by atoms with Gasteiger partial charge >= 0.3 is 0 Å². The Balaban J connectivity index is 0.00000256. The molecule has 0 radical (unpaired) electrons. The lowest BCUT2D eigenvalue weighted by Crippen LogP contribution is -3.00. The molecule has 4 aromatic rings. The summed E-state index contributed by atoms with van der Waals surface area (Å²) in [5.74, 6) is -3.75. The summed E-state index contributed by atoms with van der Waals surface area (Å²) < 4.78 is 41.6. The Morgan fingerprint density at radius 1 is 0.533 bits per heavy atom. The number of rotatable bonds is 5. The minimum Gasteiger partial charge on any atom is -1.00 e. The number of hydrogen-bond acceptors (Lipinski definition) is 0. The number of benzene rings is 4. The van der Waals surface area contributed by atoms with Crippen LogP contribution in [-0.4, -0.2) is 0 Å². The highest BCUT2D eigenvalue weighted by Gasteiger charge is 2.45. The van der Waals surface area contributed by atoms with E-state index < -0.39 is 24.7 Å². The third-order valence-corrected chi connectivity index (χ3v) is 9.43. The predicted octanol–water partition coefficient (Wildman–Crippen LogP) is 2.60. The summed E-state index contributed by atoms with van der Waals surface area (Å²) in [5.41, 5.74) is 0.436. The van der Waals surface area contributed by atoms with Gasteiger partial charge in [-0.2, -0.15) is 0 Å². The van der Waals surface area contributed by atoms with Crippen LogP contribution < -0.4 is 32.9 Å². The summed E-state index contributed by atoms with van der Waals surface area (Å²) in [7, 11) is -2.29. The molecular formula is C25H19BrF3P. The second-order valence-electron chi connectivity index (χ2n) is 6.85. The van der Waals surface area contributed by atoms with Crippen molar-refractivity contribution in [3.8, 4) is 0 Å². The summed E-state index contributed by atoms with van der Waals surface area (Å²) in [6.45, 7) is 0. The van der Waals surface area contributed by atoms with Crippen LogP contribution in [0.25, 0.3) is 0 Å². The third kappa shape index (κ3) is 4.21. The molecule has 0 atom stereocenters. The first kappa shape index (κ1) is 22.3. The molecule has 0 unspecified atom stereocenters. The molecular weight excluding hydrogens is 468 g/mol. The molecule has 0 nitrogen and oxygen atoms in total. The molecule has 0 aliphatic carbocycles. The van der Waals surface area contributed by atoms with Gasteiger partial charge in [-0.15, -0.1) is 0 Å². The Morgan fingerprint density at radius 2 is 0.867 bits per heavy atom. The minimum absolute atomic E-state index is 0. The lowest BCUT2D eigenvalue weighted by atomic mass is 10.2. The zero-order valence-corrected chi connectivity index (χ0v) is 18.5. The minimum atomic E-state index is -2.29. The van der Waals surface area contributed by atoms with E-state index in [1.807, 2.05) is 54.6 Å². The van der Waals surface area contributed by atoms with Crippen LogP contribution >= 0.6 is 7.26 Å². The summed E-state index contributed by atoms with van der Waals surface area (Å²) in [6, 6.07) is 32.3. The Morgan fingerprint density at radius 3 is 1.20 bits per heavy atom. The number of hydrogen-bond donors (Lipinski definition) is 0. The van der Waals surface area contributed by atoms with Gasteiger partial charge in [0, 0.05) is 0 Å². The van der Waals surface area contributed by atoms with Crippen molar-refractivity contribution in [1.29, 1.82) is 0 Å². The molecule has 0 amide bonds. The molecule has 4 rings (SSSR count). The van der Waals surface area contributed by atoms with Crippen LogP contribution in [0.2, 0.25) is 0 Å². The molecule has 0 aromatic heterocycles. The van der Waals surface area contributed by atoms with Crippen molar-refractivity contribution >= 4 is 23.2 Å². The summed E-state index contributed by atoms with van der Waals surface area (Å²) in [4.78, 5) is 0. The second kappa shape index (κ2) is 9.59. The third-order valence-electron chi connectivity index (χ3n) is 5.05. The van der Waals surface area contributed by atoms with E-state index in [-0.39, 0.29) is 17.0 Å². The highest BCUT2D eigenvalue weighted by molar-refractivity contribution is 7.95. The normalized spacial score (nSPS) is 11.0. The molecule has 0 N–H and O–H groups in total. The van der Waals surface area contributed by atoms with E-state index >= 15 is 0 Å². The highest BCUT2D eigenvalue weighted by Crippen LogP contribution is 2.58. The van der Waals surface area contributed by atoms with Crippen molar-refractivity contribution in [1.82, 2.24) is 0 Å². The molecule has 0 heterocycles. The maximum absolute atomic E-state index is 14.0. The van der Waals surface area contributed by atoms with Gasteiger partial charge in [0.25, 0.3) is 0 Å². The molecule has 0 saturated carbocycles. The van der Waals surface area contributed by atoms with Crippen molar-refractivity contribution < 1.29 is 30.2 Å². The molecule has 0 spiro atoms. The van der Waals surface area contributed by atoms with Gasteiger partial charge < -0.3 is 17.0 Å². The van der Waals surface area contributed by atoms with Crippen molar-refractivity contribution in [2.24, 2.45) is 0 Å². The zero-order valence-electron chi connectivity index (χ0n) is 16.0. The molecule has 5 heteroatoms. The predicted molar refractivity (Wildman–Crippen MR) is 115 cm³/mol. The van der Waals surface area contributed by atoms with E-state index in [0.717, 1.165) is 28.0 Å². The van der Waals surface area contributed by atoms with Crippen molar-refractivity contribution in [2.45, 2.75) is 6.16 Å². The van der Waals surface area contributed by atoms with E-state index in [1.165, 1.54) is 0 Å². The van der Waals surface area contributed by atoms with Crippen molar-refractivity contribution in [2.75, 3.05) is 0 Å². The van der Waals surface area contributed by atoms with E-state index in [0.29, 0.717) is 11.7 Å². The maximum Gasteiger partial charge on any atom is 0.194 e. The second-order valence-corrected chi connectivity index (χ2v) is 10.3. The van der Waals surface area contributed by atoms with Gasteiger partial charge in [0.05, 0.1) is 6.16 Å². The fourth-order valence-electron chi connectivity index (χ4n) is 3.74. The van der Waals surface area contributed by atoms with Crippen LogP contribution in [0.1, 0.15) is 5.56 Å². The largest absolute Gasteiger partial charge is 1.00 e. The van der Waals surface area contributed by atoms with E-state index in [2.05, 4.69) is 36.4 Å². The Kier molecular flexibility index (Phi) is 7.12. The average Bonchev–Trinajstić information content (AvgIpc) is 2.77. The first-order valence-corrected chi connectivity index (χ1v) is 11.3. The Bertz CT molecular complexity index is 983. The van der Waals surface area contributed by atoms with Crippen LogP contribution in [0.15, 0.2) is 103 Å². The summed E-state index contributed by atoms with van der Waals surface area (Å²) >= 11 is 0. The van der Waals surface area contributed by atoms with Crippen molar-refractivity contribution in [3.05, 3.63) is 126 Å². The molecule has 152 valence electrons. The van der Waals surface area contributed by atoms with E-state index in [1.54, 1.807) is 0 Å². The molecule has 0 fully saturated rings. The van der Waals surface area contributed by atoms with Crippen LogP contribution in [0.4, 0.5) is 13.2 Å². The van der Waals surface area contributed by atoms with Gasteiger partial charge in [0.1, 0.15) is 23.2 Å². The van der Waals surface area contributed by atoms with Gasteiger partial charge in [-0.3, -0.25) is 0 Å². The standard InChI is InChI=1S/C25H19F3P.BrH/c26-23-16-19(17-24(27)25(23)28)18-29(20-10-4-1-5-11-20,21-12-6-2-7-13-21)22-14-8-3-9-15-22;/h1-17H,18H2;1H/q+1;/p-1. The lowest BCUT2D eigenvalue weighted by Gasteiger charge is -2.28. The molecule has 30 heavy (non-hydrogen) atoms. The van der Waals surface area contributed by atoms with E-state index in [4.69, 9.17) is 0 Å². The molecule has 0 aliphatic heterocycles. The quantitative estimate of drug-likeness (QED) is 0.300. The SMILES string of the molecule is Fc1cc(C[P+](c2ccccc2)(c2ccccc2)c2ccccc2)cc(F)c1F.[Br-].